The molecular formula is C95H145N13O15P+. The van der Waals surface area contributed by atoms with Crippen LogP contribution in [0.1, 0.15) is 179 Å². The average molecular weight is 1740 g/mol. The molecule has 1 saturated heterocycles. The number of allylic oxidation sites excluding steroid dienone is 2. The van der Waals surface area contributed by atoms with Gasteiger partial charge in [-0.1, -0.05) is 176 Å². The van der Waals surface area contributed by atoms with Crippen molar-refractivity contribution >= 4 is 100.0 Å². The Hall–Kier alpha value is -9.92. The number of aliphatic hydroxyl groups excluding tert-OH is 1. The van der Waals surface area contributed by atoms with Crippen molar-refractivity contribution in [3.8, 4) is 0 Å². The first-order valence-electron chi connectivity index (χ1n) is 44.0. The predicted molar refractivity (Wildman–Crippen MR) is 488 cm³/mol. The molecular weight excluding hydrogens is 1590 g/mol. The molecule has 0 saturated carbocycles. The number of carbonyl (C=O) groups excluding carboxylic acids is 13. The van der Waals surface area contributed by atoms with E-state index in [4.69, 9.17) is 4.74 Å². The summed E-state index contributed by atoms with van der Waals surface area (Å²) in [5.41, 5.74) is 0.713. The monoisotopic (exact) mass is 1740 g/mol. The molecule has 0 spiro atoms. The summed E-state index contributed by atoms with van der Waals surface area (Å²) in [6.45, 7) is 30.4. The highest BCUT2D eigenvalue weighted by Crippen LogP contribution is 2.55. The largest absolute Gasteiger partial charge is 0.390 e. The minimum Gasteiger partial charge on any atom is -0.390 e. The number of likely N-dealkylation sites (N-methyl/N-ethyl adjacent to an activating group) is 7. The van der Waals surface area contributed by atoms with Crippen molar-refractivity contribution in [2.24, 2.45) is 41.4 Å². The summed E-state index contributed by atoms with van der Waals surface area (Å²) in [7, 11) is 7.64. The number of carbonyl (C=O) groups is 13. The van der Waals surface area contributed by atoms with E-state index in [9.17, 15) is 29.1 Å². The molecule has 684 valence electrons. The summed E-state index contributed by atoms with van der Waals surface area (Å²) in [6, 6.07) is 22.7. The van der Waals surface area contributed by atoms with Crippen molar-refractivity contribution in [3.63, 3.8) is 0 Å². The molecule has 1 unspecified atom stereocenters. The Morgan fingerprint density at radius 1 is 0.452 bits per heavy atom. The smallest absolute Gasteiger partial charge is 0.251 e. The van der Waals surface area contributed by atoms with E-state index in [-0.39, 0.29) is 113 Å². The lowest BCUT2D eigenvalue weighted by molar-refractivity contribution is -0.157. The van der Waals surface area contributed by atoms with Crippen molar-refractivity contribution in [1.29, 1.82) is 0 Å². The van der Waals surface area contributed by atoms with Gasteiger partial charge >= 0.3 is 0 Å². The Morgan fingerprint density at radius 2 is 0.863 bits per heavy atom. The van der Waals surface area contributed by atoms with E-state index in [1.807, 2.05) is 110 Å². The normalized spacial score (nSPS) is 22.7. The number of benzene rings is 4. The molecule has 0 bridgehead atoms. The third kappa shape index (κ3) is 28.6. The van der Waals surface area contributed by atoms with Crippen LogP contribution in [0.5, 0.6) is 0 Å². The van der Waals surface area contributed by atoms with Crippen LogP contribution in [0, 0.1) is 41.4 Å². The number of ether oxygens (including phenoxy) is 1. The Kier molecular flexibility index (Phi) is 41.9. The molecule has 0 aromatic heterocycles. The molecule has 124 heavy (non-hydrogen) atoms. The number of hydrogen-bond acceptors (Lipinski definition) is 15. The molecule has 4 aromatic rings. The maximum Gasteiger partial charge on any atom is 0.251 e. The number of nitrogens with one attached hydrogen (secondary N) is 6. The highest BCUT2D eigenvalue weighted by Gasteiger charge is 2.49. The fraction of sp³-hybridized carbons (Fsp3) is 0.589. The van der Waals surface area contributed by atoms with Gasteiger partial charge < -0.3 is 76.0 Å². The quantitative estimate of drug-likeness (QED) is 0.0155. The minimum absolute atomic E-state index is 0.0453. The Labute approximate surface area is 738 Å². The van der Waals surface area contributed by atoms with Crippen LogP contribution in [0.3, 0.4) is 0 Å². The van der Waals surface area contributed by atoms with Gasteiger partial charge in [0.05, 0.1) is 31.9 Å². The highest BCUT2D eigenvalue weighted by molar-refractivity contribution is 7.95. The second kappa shape index (κ2) is 49.7. The lowest BCUT2D eigenvalue weighted by Gasteiger charge is -2.41. The van der Waals surface area contributed by atoms with Gasteiger partial charge in [0.15, 0.2) is 0 Å². The van der Waals surface area contributed by atoms with E-state index in [0.717, 1.165) is 4.90 Å². The molecule has 5 rings (SSSR count). The maximum atomic E-state index is 15.9. The zero-order valence-electron chi connectivity index (χ0n) is 78.0. The molecule has 1 heterocycles. The first-order valence-corrected chi connectivity index (χ1v) is 46.0. The molecule has 0 aliphatic carbocycles. The molecule has 1 fully saturated rings. The van der Waals surface area contributed by atoms with Crippen LogP contribution < -0.4 is 47.8 Å². The molecule has 7 N–H and O–H groups in total. The predicted octanol–water partition coefficient (Wildman–Crippen LogP) is 7.13. The topological polar surface area (TPSA) is 346 Å². The lowest BCUT2D eigenvalue weighted by atomic mass is 9.91. The van der Waals surface area contributed by atoms with Gasteiger partial charge in [0.1, 0.15) is 89.6 Å². The molecule has 29 heteroatoms. The van der Waals surface area contributed by atoms with Crippen LogP contribution in [0.15, 0.2) is 127 Å². The Balaban J connectivity index is 1.55. The highest BCUT2D eigenvalue weighted by atomic mass is 31.2. The van der Waals surface area contributed by atoms with E-state index in [1.165, 1.54) is 108 Å². The van der Waals surface area contributed by atoms with Gasteiger partial charge in [-0.25, -0.2) is 0 Å². The van der Waals surface area contributed by atoms with Crippen LogP contribution in [0.25, 0.3) is 0 Å². The van der Waals surface area contributed by atoms with Crippen molar-refractivity contribution < 1.29 is 72.2 Å². The summed E-state index contributed by atoms with van der Waals surface area (Å²) < 4.78 is 5.87. The number of aliphatic hydroxyl groups is 1. The Bertz CT molecular complexity index is 4110. The average Bonchev–Trinajstić information content (AvgIpc) is 0.760. The SMILES string of the molecule is CC=CC[C@@H](C)[C@@H](O)[C@H]1C(=O)N[C@@H](CC)C(=O)N(C)C(Cc2ccc(C(=O)NCCOCCNC(=O)CC[P+](c3ccccc3)(c3ccccc3)c3ccccc3)cc2)C(=O)N(C)[C@@H](CC(C)C)C(=O)N[C@@H](C(C)C)C(=O)N(C)[C@@H](CC(C)C)C(=O)N[C@@H](C)C(=O)N[C@H](C)C(=O)N(C)[C@@H](CC(C)C)C(=O)N(C)[C@@H](CC(C)C)C(=O)N(C)[C@@H](C(C)C)C(=O)N1C. The zero-order chi connectivity index (χ0) is 92.9. The van der Waals surface area contributed by atoms with Gasteiger partial charge in [0, 0.05) is 74.4 Å². The zero-order valence-corrected chi connectivity index (χ0v) is 78.9. The number of nitrogens with zero attached hydrogens (tertiary/aromatic N) is 7. The molecule has 28 nitrogen and oxygen atoms in total. The summed E-state index contributed by atoms with van der Waals surface area (Å²) in [5, 5.41) is 33.1. The standard InChI is InChI=1S/C95H144N13O15P/c1-25-27-37-65(15)83(110)82-88(115)100-73(26-2)90(117)105(21)78(58-68-44-46-69(47-45-68)85(112)97-50-52-123-51-49-96-79(109)48-53-124(70-38-31-28-32-39-70,71-40-33-29-34-41-71)72-42-35-30-36-43-72)92(119)102(18)75(55-60(5)6)87(114)101-80(63(11)12)94(121)103(19)74(54-59(3)4)86(113)98-66(16)84(111)99-67(17)89(116)104(20)76(56-61(7)8)91(118)106(22)77(57-62(9)10)93(120)107(23)81(64(13)14)95(122)108(82)24/h25,27-36,38-47,59-67,73-78,80-83,110H,26,37,48-58H2,1-24H3,(H5-,96,97,98,99,100,101,109,111,112,113,114,115)/p+1/t65-,66+,67-,73+,74+,75+,76+,77+,78?,80+,81+,82+,83-/m1/s1. The molecule has 13 amide bonds. The maximum absolute atomic E-state index is 15.9. The van der Waals surface area contributed by atoms with Crippen LogP contribution in [0.4, 0.5) is 0 Å². The molecule has 0 radical (unpaired) electrons. The van der Waals surface area contributed by atoms with E-state index in [1.54, 1.807) is 84.9 Å². The fourth-order valence-corrected chi connectivity index (χ4v) is 20.2. The van der Waals surface area contributed by atoms with Gasteiger partial charge in [-0.3, -0.25) is 62.3 Å². The summed E-state index contributed by atoms with van der Waals surface area (Å²) >= 11 is 0. The van der Waals surface area contributed by atoms with Gasteiger partial charge in [0.25, 0.3) is 5.91 Å². The summed E-state index contributed by atoms with van der Waals surface area (Å²) in [4.78, 5) is 203. The van der Waals surface area contributed by atoms with Crippen molar-refractivity contribution in [2.75, 3.05) is 81.8 Å². The second-order valence-electron chi connectivity index (χ2n) is 35.7. The number of rotatable bonds is 30. The summed E-state index contributed by atoms with van der Waals surface area (Å²) in [6.07, 6.45) is 3.19. The molecule has 1 aliphatic rings. The minimum atomic E-state index is -2.24. The van der Waals surface area contributed by atoms with Crippen molar-refractivity contribution in [1.82, 2.24) is 66.2 Å². The van der Waals surface area contributed by atoms with Crippen LogP contribution in [-0.4, -0.2) is 271 Å². The molecule has 4 aromatic carbocycles. The third-order valence-electron chi connectivity index (χ3n) is 23.4. The third-order valence-corrected chi connectivity index (χ3v) is 27.8. The van der Waals surface area contributed by atoms with E-state index < -0.39 is 168 Å². The lowest BCUT2D eigenvalue weighted by Crippen LogP contribution is -2.64. The van der Waals surface area contributed by atoms with E-state index in [2.05, 4.69) is 68.3 Å². The second-order valence-corrected chi connectivity index (χ2v) is 39.3. The first-order chi connectivity index (χ1) is 58.4. The van der Waals surface area contributed by atoms with Gasteiger partial charge in [-0.15, -0.1) is 0 Å². The first kappa shape index (κ1) is 105. The van der Waals surface area contributed by atoms with Gasteiger partial charge in [-0.2, -0.15) is 0 Å². The fourth-order valence-electron chi connectivity index (χ4n) is 16.0. The van der Waals surface area contributed by atoms with Crippen LogP contribution >= 0.6 is 7.26 Å². The van der Waals surface area contributed by atoms with Crippen molar-refractivity contribution in [2.45, 2.75) is 242 Å². The van der Waals surface area contributed by atoms with Gasteiger partial charge in [-0.05, 0) is 155 Å². The number of amides is 13. The summed E-state index contributed by atoms with van der Waals surface area (Å²) in [5.74, 6) is -11.4. The van der Waals surface area contributed by atoms with Crippen molar-refractivity contribution in [3.05, 3.63) is 139 Å². The molecule has 1 aliphatic heterocycles. The van der Waals surface area contributed by atoms with E-state index in [0.29, 0.717) is 11.7 Å². The van der Waals surface area contributed by atoms with Crippen LogP contribution in [0.2, 0.25) is 0 Å². The number of hydrogen-bond donors (Lipinski definition) is 7. The molecule has 13 atom stereocenters. The van der Waals surface area contributed by atoms with Gasteiger partial charge in [0.2, 0.25) is 70.9 Å². The van der Waals surface area contributed by atoms with Crippen LogP contribution in [-0.2, 0) is 68.7 Å². The van der Waals surface area contributed by atoms with E-state index >= 15 is 38.4 Å². The Morgan fingerprint density at radius 3 is 1.32 bits per heavy atom.